The van der Waals surface area contributed by atoms with Crippen molar-refractivity contribution in [1.82, 2.24) is 9.55 Å². The van der Waals surface area contributed by atoms with E-state index < -0.39 is 10.2 Å². The lowest BCUT2D eigenvalue weighted by atomic mass is 10.2. The molecule has 2 aromatic rings. The van der Waals surface area contributed by atoms with E-state index in [9.17, 15) is 14.9 Å². The molecule has 8 heteroatoms. The second-order valence-electron chi connectivity index (χ2n) is 5.37. The Balaban J connectivity index is 1.68. The van der Waals surface area contributed by atoms with Gasteiger partial charge >= 0.3 is 0 Å². The van der Waals surface area contributed by atoms with Crippen molar-refractivity contribution >= 4 is 29.0 Å². The van der Waals surface area contributed by atoms with Gasteiger partial charge in [-0.2, -0.15) is 0 Å². The molecule has 0 saturated heterocycles. The summed E-state index contributed by atoms with van der Waals surface area (Å²) >= 11 is 1.36. The number of rotatable bonds is 6. The molecule has 1 heterocycles. The van der Waals surface area contributed by atoms with Crippen LogP contribution in [0.5, 0.6) is 0 Å². The van der Waals surface area contributed by atoms with E-state index in [2.05, 4.69) is 14.9 Å². The number of aromatic nitrogens is 2. The van der Waals surface area contributed by atoms with Gasteiger partial charge in [0.05, 0.1) is 10.2 Å². The van der Waals surface area contributed by atoms with Gasteiger partial charge in [0.1, 0.15) is 5.69 Å². The molecule has 1 fully saturated rings. The lowest BCUT2D eigenvalue weighted by Crippen LogP contribution is -2.23. The van der Waals surface area contributed by atoms with E-state index in [1.165, 1.54) is 23.9 Å². The second-order valence-corrected chi connectivity index (χ2v) is 6.68. The number of nitrogens with one attached hydrogen (secondary N) is 1. The highest BCUT2D eigenvalue weighted by Crippen LogP contribution is 2.38. The summed E-state index contributed by atoms with van der Waals surface area (Å²) in [5, 5.41) is 14.0. The number of amides is 1. The van der Waals surface area contributed by atoms with Crippen LogP contribution in [-0.2, 0) is 4.79 Å². The molecule has 23 heavy (non-hydrogen) atoms. The number of nitro groups is 1. The van der Waals surface area contributed by atoms with Crippen LogP contribution in [0.25, 0.3) is 0 Å². The highest BCUT2D eigenvalue weighted by molar-refractivity contribution is 8.00. The minimum absolute atomic E-state index is 0.113. The summed E-state index contributed by atoms with van der Waals surface area (Å²) in [6, 6.07) is 6.61. The standard InChI is InChI=1S/C15H16N4O3S/c1-10(23-15-16-8-9-18(15)11-6-7-11)14(20)17-12-4-2-3-5-13(12)19(21)22/h2-5,8-11H,6-7H2,1H3,(H,17,20). The predicted octanol–water partition coefficient (Wildman–Crippen LogP) is 3.25. The number of benzene rings is 1. The Bertz CT molecular complexity index is 742. The maximum absolute atomic E-state index is 12.3. The van der Waals surface area contributed by atoms with E-state index in [1.54, 1.807) is 25.3 Å². The molecule has 1 unspecified atom stereocenters. The van der Waals surface area contributed by atoms with Crippen molar-refractivity contribution in [3.8, 4) is 0 Å². The molecule has 1 saturated carbocycles. The highest BCUT2D eigenvalue weighted by atomic mass is 32.2. The fraction of sp³-hybridized carbons (Fsp3) is 0.333. The summed E-state index contributed by atoms with van der Waals surface area (Å²) in [5.74, 6) is -0.283. The molecule has 0 spiro atoms. The maximum atomic E-state index is 12.3. The minimum atomic E-state index is -0.507. The van der Waals surface area contributed by atoms with Gasteiger partial charge < -0.3 is 9.88 Å². The van der Waals surface area contributed by atoms with Crippen LogP contribution in [-0.4, -0.2) is 25.6 Å². The molecule has 3 rings (SSSR count). The summed E-state index contributed by atoms with van der Waals surface area (Å²) in [7, 11) is 0. The van der Waals surface area contributed by atoms with E-state index in [0.29, 0.717) is 6.04 Å². The molecular formula is C15H16N4O3S. The highest BCUT2D eigenvalue weighted by Gasteiger charge is 2.27. The molecule has 0 radical (unpaired) electrons. The van der Waals surface area contributed by atoms with E-state index in [1.807, 2.05) is 6.20 Å². The van der Waals surface area contributed by atoms with Gasteiger partial charge in [-0.15, -0.1) is 0 Å². The van der Waals surface area contributed by atoms with Crippen LogP contribution in [0.1, 0.15) is 25.8 Å². The zero-order chi connectivity index (χ0) is 16.4. The molecule has 1 N–H and O–H groups in total. The summed E-state index contributed by atoms with van der Waals surface area (Å²) in [6.07, 6.45) is 5.93. The van der Waals surface area contributed by atoms with E-state index in [4.69, 9.17) is 0 Å². The first-order chi connectivity index (χ1) is 11.1. The normalized spacial score (nSPS) is 15.2. The van der Waals surface area contributed by atoms with Crippen molar-refractivity contribution < 1.29 is 9.72 Å². The summed E-state index contributed by atoms with van der Waals surface area (Å²) in [6.45, 7) is 1.76. The quantitative estimate of drug-likeness (QED) is 0.498. The number of thioether (sulfide) groups is 1. The van der Waals surface area contributed by atoms with Crippen molar-refractivity contribution in [3.63, 3.8) is 0 Å². The van der Waals surface area contributed by atoms with Gasteiger partial charge in [-0.05, 0) is 25.8 Å². The number of hydrogen-bond donors (Lipinski definition) is 1. The zero-order valence-electron chi connectivity index (χ0n) is 12.5. The predicted molar refractivity (Wildman–Crippen MR) is 87.5 cm³/mol. The molecule has 1 aliphatic rings. The van der Waals surface area contributed by atoms with Gasteiger partial charge in [0.15, 0.2) is 5.16 Å². The Morgan fingerprint density at radius 2 is 2.22 bits per heavy atom. The first-order valence-corrected chi connectivity index (χ1v) is 8.18. The average Bonchev–Trinajstić information content (AvgIpc) is 3.27. The lowest BCUT2D eigenvalue weighted by molar-refractivity contribution is -0.383. The lowest BCUT2D eigenvalue weighted by Gasteiger charge is -2.12. The van der Waals surface area contributed by atoms with Gasteiger partial charge in [-0.25, -0.2) is 4.98 Å². The molecule has 1 aromatic heterocycles. The number of nitro benzene ring substituents is 1. The Hall–Kier alpha value is -2.35. The largest absolute Gasteiger partial charge is 0.323 e. The summed E-state index contributed by atoms with van der Waals surface area (Å²) in [5.41, 5.74) is 0.0954. The van der Waals surface area contributed by atoms with E-state index in [0.717, 1.165) is 18.0 Å². The number of para-hydroxylation sites is 2. The molecule has 1 aliphatic carbocycles. The van der Waals surface area contributed by atoms with E-state index >= 15 is 0 Å². The number of nitrogens with zero attached hydrogens (tertiary/aromatic N) is 3. The third-order valence-corrected chi connectivity index (χ3v) is 4.68. The van der Waals surface area contributed by atoms with Crippen LogP contribution in [0.4, 0.5) is 11.4 Å². The Morgan fingerprint density at radius 3 is 2.91 bits per heavy atom. The Labute approximate surface area is 137 Å². The molecule has 0 bridgehead atoms. The van der Waals surface area contributed by atoms with Crippen LogP contribution in [0, 0.1) is 10.1 Å². The number of anilines is 1. The van der Waals surface area contributed by atoms with E-state index in [-0.39, 0.29) is 17.3 Å². The topological polar surface area (TPSA) is 90.1 Å². The first kappa shape index (κ1) is 15.5. The van der Waals surface area contributed by atoms with Crippen LogP contribution in [0.15, 0.2) is 41.8 Å². The molecule has 7 nitrogen and oxygen atoms in total. The van der Waals surface area contributed by atoms with Crippen molar-refractivity contribution in [2.45, 2.75) is 36.2 Å². The van der Waals surface area contributed by atoms with Crippen LogP contribution < -0.4 is 5.32 Å². The van der Waals surface area contributed by atoms with Gasteiger partial charge in [0.25, 0.3) is 5.69 Å². The SMILES string of the molecule is CC(Sc1nccn1C1CC1)C(=O)Nc1ccccc1[N+](=O)[O-]. The Kier molecular flexibility index (Phi) is 4.33. The average molecular weight is 332 g/mol. The number of carbonyl (C=O) groups is 1. The van der Waals surface area contributed by atoms with Crippen molar-refractivity contribution in [1.29, 1.82) is 0 Å². The Morgan fingerprint density at radius 1 is 1.48 bits per heavy atom. The third kappa shape index (κ3) is 3.53. The first-order valence-electron chi connectivity index (χ1n) is 7.30. The van der Waals surface area contributed by atoms with Gasteiger partial charge in [-0.1, -0.05) is 23.9 Å². The van der Waals surface area contributed by atoms with Crippen LogP contribution in [0.3, 0.4) is 0 Å². The minimum Gasteiger partial charge on any atom is -0.323 e. The third-order valence-electron chi connectivity index (χ3n) is 3.58. The number of carbonyl (C=O) groups excluding carboxylic acids is 1. The molecular weight excluding hydrogens is 316 g/mol. The molecule has 120 valence electrons. The van der Waals surface area contributed by atoms with Gasteiger partial charge in [0, 0.05) is 24.5 Å². The summed E-state index contributed by atoms with van der Waals surface area (Å²) in [4.78, 5) is 27.1. The molecule has 1 atom stereocenters. The summed E-state index contributed by atoms with van der Waals surface area (Å²) < 4.78 is 2.08. The molecule has 1 amide bonds. The fourth-order valence-electron chi connectivity index (χ4n) is 2.21. The van der Waals surface area contributed by atoms with Crippen molar-refractivity contribution in [3.05, 3.63) is 46.8 Å². The van der Waals surface area contributed by atoms with Crippen LogP contribution >= 0.6 is 11.8 Å². The maximum Gasteiger partial charge on any atom is 0.292 e. The number of hydrogen-bond acceptors (Lipinski definition) is 5. The van der Waals surface area contributed by atoms with Gasteiger partial charge in [-0.3, -0.25) is 14.9 Å². The van der Waals surface area contributed by atoms with Gasteiger partial charge in [0.2, 0.25) is 5.91 Å². The van der Waals surface area contributed by atoms with Crippen molar-refractivity contribution in [2.75, 3.05) is 5.32 Å². The van der Waals surface area contributed by atoms with Crippen molar-refractivity contribution in [2.24, 2.45) is 0 Å². The number of imidazole rings is 1. The zero-order valence-corrected chi connectivity index (χ0v) is 13.3. The smallest absolute Gasteiger partial charge is 0.292 e. The monoisotopic (exact) mass is 332 g/mol. The fourth-order valence-corrected chi connectivity index (χ4v) is 3.14. The molecule has 0 aliphatic heterocycles. The van der Waals surface area contributed by atoms with Crippen LogP contribution in [0.2, 0.25) is 0 Å². The second kappa shape index (κ2) is 6.41. The molecule has 1 aromatic carbocycles.